The van der Waals surface area contributed by atoms with Crippen molar-refractivity contribution in [2.45, 2.75) is 0 Å². The molecule has 2 heterocycles. The van der Waals surface area contributed by atoms with Gasteiger partial charge in [-0.3, -0.25) is 0 Å². The average Bonchev–Trinajstić information content (AvgIpc) is 3.28. The number of fused-ring (bicyclic) bond motifs is 2. The van der Waals surface area contributed by atoms with E-state index >= 15 is 0 Å². The summed E-state index contributed by atoms with van der Waals surface area (Å²) in [5, 5.41) is 4.63. The van der Waals surface area contributed by atoms with Crippen LogP contribution in [0.3, 0.4) is 0 Å². The Bertz CT molecular complexity index is 1150. The fraction of sp³-hybridized carbons (Fsp3) is 0.167. The van der Waals surface area contributed by atoms with E-state index in [0.29, 0.717) is 27.3 Å². The molecule has 0 atom stereocenters. The van der Waals surface area contributed by atoms with Gasteiger partial charge in [-0.25, -0.2) is 14.8 Å². The third-order valence-corrected chi connectivity index (χ3v) is 5.76. The van der Waals surface area contributed by atoms with Gasteiger partial charge < -0.3 is 19.5 Å². The number of carbonyl (C=O) groups excluding carboxylic acids is 1. The zero-order valence-electron chi connectivity index (χ0n) is 14.7. The Kier molecular flexibility index (Phi) is 4.54. The Balaban J connectivity index is 1.68. The van der Waals surface area contributed by atoms with Crippen LogP contribution in [0.2, 0.25) is 0 Å². The van der Waals surface area contributed by atoms with E-state index in [1.807, 2.05) is 6.07 Å². The predicted molar refractivity (Wildman–Crippen MR) is 107 cm³/mol. The van der Waals surface area contributed by atoms with Crippen LogP contribution in [0.15, 0.2) is 30.3 Å². The van der Waals surface area contributed by atoms with E-state index in [1.165, 1.54) is 29.8 Å². The first-order chi connectivity index (χ1) is 13.1. The molecule has 2 aromatic carbocycles. The second-order valence-electron chi connectivity index (χ2n) is 5.51. The molecular formula is C18H15N3O4S2. The van der Waals surface area contributed by atoms with Crippen molar-refractivity contribution >= 4 is 59.3 Å². The van der Waals surface area contributed by atoms with Crippen molar-refractivity contribution in [2.75, 3.05) is 26.6 Å². The lowest BCUT2D eigenvalue weighted by atomic mass is 10.2. The topological polar surface area (TPSA) is 82.6 Å². The molecule has 2 aromatic heterocycles. The number of nitrogens with zero attached hydrogens (tertiary/aromatic N) is 2. The second kappa shape index (κ2) is 7.01. The fourth-order valence-electron chi connectivity index (χ4n) is 2.62. The molecule has 9 heteroatoms. The number of esters is 1. The zero-order chi connectivity index (χ0) is 19.0. The molecule has 0 amide bonds. The van der Waals surface area contributed by atoms with E-state index < -0.39 is 0 Å². The van der Waals surface area contributed by atoms with Crippen molar-refractivity contribution < 1.29 is 19.0 Å². The molecule has 27 heavy (non-hydrogen) atoms. The van der Waals surface area contributed by atoms with Gasteiger partial charge in [0.15, 0.2) is 10.3 Å². The van der Waals surface area contributed by atoms with Crippen LogP contribution in [0.4, 0.5) is 10.3 Å². The molecule has 0 aliphatic carbocycles. The van der Waals surface area contributed by atoms with Crippen LogP contribution in [0.1, 0.15) is 10.4 Å². The van der Waals surface area contributed by atoms with E-state index in [1.54, 1.807) is 38.5 Å². The van der Waals surface area contributed by atoms with Gasteiger partial charge in [0.05, 0.1) is 41.8 Å². The molecular weight excluding hydrogens is 386 g/mol. The Hall–Kier alpha value is -2.91. The summed E-state index contributed by atoms with van der Waals surface area (Å²) in [5.74, 6) is 0.998. The van der Waals surface area contributed by atoms with Crippen molar-refractivity contribution in [1.82, 2.24) is 9.97 Å². The van der Waals surface area contributed by atoms with Gasteiger partial charge in [0.25, 0.3) is 0 Å². The van der Waals surface area contributed by atoms with Crippen LogP contribution in [-0.2, 0) is 4.74 Å². The minimum absolute atomic E-state index is 0.368. The minimum atomic E-state index is -0.368. The molecule has 1 N–H and O–H groups in total. The van der Waals surface area contributed by atoms with Crippen molar-refractivity contribution in [2.24, 2.45) is 0 Å². The number of hydrogen-bond donors (Lipinski definition) is 1. The minimum Gasteiger partial charge on any atom is -0.497 e. The summed E-state index contributed by atoms with van der Waals surface area (Å²) in [6, 6.07) is 9.00. The number of methoxy groups -OCH3 is 3. The number of carbonyl (C=O) groups is 1. The third kappa shape index (κ3) is 3.26. The fourth-order valence-corrected chi connectivity index (χ4v) is 4.50. The number of nitrogens with one attached hydrogen (secondary N) is 1. The van der Waals surface area contributed by atoms with E-state index in [9.17, 15) is 4.79 Å². The smallest absolute Gasteiger partial charge is 0.337 e. The van der Waals surface area contributed by atoms with Crippen molar-refractivity contribution in [3.63, 3.8) is 0 Å². The largest absolute Gasteiger partial charge is 0.497 e. The summed E-state index contributed by atoms with van der Waals surface area (Å²) in [6.07, 6.45) is 0. The highest BCUT2D eigenvalue weighted by atomic mass is 32.1. The molecule has 0 aliphatic rings. The lowest BCUT2D eigenvalue weighted by molar-refractivity contribution is 0.0601. The number of aromatic nitrogens is 2. The molecule has 0 unspecified atom stereocenters. The Labute approximate surface area is 162 Å². The number of thiazole rings is 2. The molecule has 0 radical (unpaired) electrons. The summed E-state index contributed by atoms with van der Waals surface area (Å²) in [5.41, 5.74) is 2.06. The average molecular weight is 401 g/mol. The third-order valence-electron chi connectivity index (χ3n) is 3.91. The van der Waals surface area contributed by atoms with Gasteiger partial charge in [0.2, 0.25) is 0 Å². The van der Waals surface area contributed by atoms with E-state index in [2.05, 4.69) is 15.3 Å². The monoisotopic (exact) mass is 401 g/mol. The van der Waals surface area contributed by atoms with Crippen LogP contribution >= 0.6 is 22.7 Å². The number of ether oxygens (including phenoxy) is 3. The number of anilines is 2. The quantitative estimate of drug-likeness (QED) is 0.495. The standard InChI is InChI=1S/C18H15N3O4S2/c1-23-10-7-12(24-2)15-14(8-10)27-18(20-15)21-17-19-11-5-4-9(16(22)25-3)6-13(11)26-17/h4-8H,1-3H3,(H,19,20,21). The Morgan fingerprint density at radius 1 is 0.963 bits per heavy atom. The molecule has 0 spiro atoms. The lowest BCUT2D eigenvalue weighted by Crippen LogP contribution is -1.99. The zero-order valence-corrected chi connectivity index (χ0v) is 16.4. The summed E-state index contributed by atoms with van der Waals surface area (Å²) in [6.45, 7) is 0. The maximum Gasteiger partial charge on any atom is 0.337 e. The highest BCUT2D eigenvalue weighted by Crippen LogP contribution is 2.38. The number of benzene rings is 2. The SMILES string of the molecule is COC(=O)c1ccc2nc(Nc3nc4c(OC)cc(OC)cc4s3)sc2c1. The number of hydrogen-bond acceptors (Lipinski definition) is 9. The molecule has 4 rings (SSSR count). The van der Waals surface area contributed by atoms with Gasteiger partial charge in [-0.15, -0.1) is 0 Å². The molecule has 0 bridgehead atoms. The first kappa shape index (κ1) is 17.5. The first-order valence-electron chi connectivity index (χ1n) is 7.89. The summed E-state index contributed by atoms with van der Waals surface area (Å²) < 4.78 is 17.3. The Morgan fingerprint density at radius 2 is 1.74 bits per heavy atom. The van der Waals surface area contributed by atoms with Crippen LogP contribution in [0, 0.1) is 0 Å². The number of rotatable bonds is 5. The molecule has 0 fully saturated rings. The van der Waals surface area contributed by atoms with Gasteiger partial charge in [0, 0.05) is 6.07 Å². The van der Waals surface area contributed by atoms with Crippen molar-refractivity contribution in [1.29, 1.82) is 0 Å². The van der Waals surface area contributed by atoms with E-state index in [-0.39, 0.29) is 5.97 Å². The van der Waals surface area contributed by atoms with Gasteiger partial charge in [-0.05, 0) is 24.3 Å². The van der Waals surface area contributed by atoms with Crippen LogP contribution in [-0.4, -0.2) is 37.3 Å². The molecule has 138 valence electrons. The van der Waals surface area contributed by atoms with Crippen LogP contribution < -0.4 is 14.8 Å². The van der Waals surface area contributed by atoms with Gasteiger partial charge >= 0.3 is 5.97 Å². The van der Waals surface area contributed by atoms with Crippen molar-refractivity contribution in [3.05, 3.63) is 35.9 Å². The lowest BCUT2D eigenvalue weighted by Gasteiger charge is -2.03. The van der Waals surface area contributed by atoms with E-state index in [0.717, 1.165) is 20.4 Å². The molecule has 7 nitrogen and oxygen atoms in total. The predicted octanol–water partition coefficient (Wildman–Crippen LogP) is 4.45. The molecule has 0 aliphatic heterocycles. The van der Waals surface area contributed by atoms with Crippen molar-refractivity contribution in [3.8, 4) is 11.5 Å². The van der Waals surface area contributed by atoms with Gasteiger partial charge in [0.1, 0.15) is 17.0 Å². The highest BCUT2D eigenvalue weighted by molar-refractivity contribution is 7.24. The molecule has 0 saturated heterocycles. The van der Waals surface area contributed by atoms with Crippen LogP contribution in [0.5, 0.6) is 11.5 Å². The second-order valence-corrected chi connectivity index (χ2v) is 7.57. The first-order valence-corrected chi connectivity index (χ1v) is 9.53. The Morgan fingerprint density at radius 3 is 2.48 bits per heavy atom. The summed E-state index contributed by atoms with van der Waals surface area (Å²) >= 11 is 2.93. The maximum atomic E-state index is 11.7. The van der Waals surface area contributed by atoms with Gasteiger partial charge in [-0.2, -0.15) is 0 Å². The highest BCUT2D eigenvalue weighted by Gasteiger charge is 2.14. The van der Waals surface area contributed by atoms with E-state index in [4.69, 9.17) is 14.2 Å². The summed E-state index contributed by atoms with van der Waals surface area (Å²) in [4.78, 5) is 20.8. The molecule has 4 aromatic rings. The normalized spacial score (nSPS) is 10.9. The van der Waals surface area contributed by atoms with Crippen LogP contribution in [0.25, 0.3) is 20.4 Å². The maximum absolute atomic E-state index is 11.7. The summed E-state index contributed by atoms with van der Waals surface area (Å²) in [7, 11) is 4.58. The molecule has 0 saturated carbocycles. The van der Waals surface area contributed by atoms with Gasteiger partial charge in [-0.1, -0.05) is 22.7 Å².